The van der Waals surface area contributed by atoms with Crippen molar-refractivity contribution in [2.75, 3.05) is 6.54 Å². The number of pyridine rings is 2. The highest BCUT2D eigenvalue weighted by Gasteiger charge is 2.07. The predicted molar refractivity (Wildman–Crippen MR) is 122 cm³/mol. The summed E-state index contributed by atoms with van der Waals surface area (Å²) < 4.78 is 24.6. The highest BCUT2D eigenvalue weighted by atomic mass is 19.1. The maximum absolute atomic E-state index is 13.2. The summed E-state index contributed by atoms with van der Waals surface area (Å²) in [6.07, 6.45) is 5.67. The molecule has 4 rings (SSSR count). The van der Waals surface area contributed by atoms with Gasteiger partial charge in [0.05, 0.1) is 5.56 Å². The highest BCUT2D eigenvalue weighted by molar-refractivity contribution is 5.93. The Hall–Kier alpha value is -4.26. The molecule has 2 aromatic carbocycles. The zero-order valence-corrected chi connectivity index (χ0v) is 17.8. The van der Waals surface area contributed by atoms with Gasteiger partial charge in [-0.1, -0.05) is 12.1 Å². The van der Waals surface area contributed by atoms with Crippen LogP contribution < -0.4 is 14.8 Å². The lowest BCUT2D eigenvalue weighted by Crippen LogP contribution is -2.25. The first-order valence-corrected chi connectivity index (χ1v) is 10.4. The molecule has 166 valence electrons. The van der Waals surface area contributed by atoms with Crippen molar-refractivity contribution in [2.24, 2.45) is 0 Å². The molecule has 0 spiro atoms. The fourth-order valence-corrected chi connectivity index (χ4v) is 3.06. The molecule has 0 atom stereocenters. The molecule has 0 unspecified atom stereocenters. The molecule has 4 aromatic rings. The Bertz CT molecular complexity index is 1180. The normalized spacial score (nSPS) is 10.5. The van der Waals surface area contributed by atoms with Gasteiger partial charge in [-0.3, -0.25) is 9.78 Å². The third-order valence-electron chi connectivity index (χ3n) is 4.79. The topological polar surface area (TPSA) is 73.3 Å². The van der Waals surface area contributed by atoms with Gasteiger partial charge in [-0.25, -0.2) is 9.37 Å². The van der Waals surface area contributed by atoms with E-state index in [1.807, 2.05) is 12.1 Å². The van der Waals surface area contributed by atoms with E-state index < -0.39 is 0 Å². The van der Waals surface area contributed by atoms with Gasteiger partial charge >= 0.3 is 0 Å². The van der Waals surface area contributed by atoms with Gasteiger partial charge in [0.25, 0.3) is 5.91 Å². The van der Waals surface area contributed by atoms with E-state index in [1.165, 1.54) is 18.3 Å². The summed E-state index contributed by atoms with van der Waals surface area (Å²) in [5, 5.41) is 2.87. The molecule has 0 aliphatic rings. The molecule has 7 heteroatoms. The fraction of sp³-hybridized carbons (Fsp3) is 0.115. The smallest absolute Gasteiger partial charge is 0.252 e. The average molecular weight is 443 g/mol. The van der Waals surface area contributed by atoms with E-state index in [9.17, 15) is 9.18 Å². The highest BCUT2D eigenvalue weighted by Crippen LogP contribution is 2.23. The van der Waals surface area contributed by atoms with Gasteiger partial charge in [0.1, 0.15) is 23.9 Å². The molecule has 0 fully saturated rings. The van der Waals surface area contributed by atoms with E-state index in [4.69, 9.17) is 9.47 Å². The van der Waals surface area contributed by atoms with Crippen LogP contribution in [0.25, 0.3) is 0 Å². The third kappa shape index (κ3) is 6.61. The summed E-state index contributed by atoms with van der Waals surface area (Å²) in [6.45, 7) is 0.792. The van der Waals surface area contributed by atoms with E-state index in [2.05, 4.69) is 15.3 Å². The molecule has 1 amide bonds. The van der Waals surface area contributed by atoms with Crippen LogP contribution in [0.1, 0.15) is 21.5 Å². The average Bonchev–Trinajstić information content (AvgIpc) is 2.85. The number of hydrogen-bond acceptors (Lipinski definition) is 5. The van der Waals surface area contributed by atoms with Gasteiger partial charge in [-0.05, 0) is 72.1 Å². The summed E-state index contributed by atoms with van der Waals surface area (Å²) in [5.41, 5.74) is 2.32. The van der Waals surface area contributed by atoms with Crippen LogP contribution in [0.5, 0.6) is 17.4 Å². The number of halogens is 1. The maximum atomic E-state index is 13.2. The van der Waals surface area contributed by atoms with Crippen LogP contribution in [0.4, 0.5) is 4.39 Å². The molecule has 2 heterocycles. The molecule has 2 aromatic heterocycles. The summed E-state index contributed by atoms with van der Waals surface area (Å²) in [5.74, 6) is 1.11. The Kier molecular flexibility index (Phi) is 7.22. The molecule has 33 heavy (non-hydrogen) atoms. The molecule has 0 aliphatic carbocycles. The maximum Gasteiger partial charge on any atom is 0.252 e. The van der Waals surface area contributed by atoms with Gasteiger partial charge in [0, 0.05) is 31.2 Å². The fourth-order valence-electron chi connectivity index (χ4n) is 3.06. The number of rotatable bonds is 9. The van der Waals surface area contributed by atoms with Crippen LogP contribution in [0, 0.1) is 5.82 Å². The molecule has 0 saturated carbocycles. The Labute approximate surface area is 191 Å². The van der Waals surface area contributed by atoms with Crippen molar-refractivity contribution >= 4 is 5.91 Å². The standard InChI is InChI=1S/C26H22FN3O3/c27-22-3-1-2-20(16-22)18-32-23-5-7-24(8-6-23)33-25-9-4-21(17-30-25)26(31)29-15-12-19-10-13-28-14-11-19/h1-11,13-14,16-17H,12,15,18H2,(H,29,31). The zero-order chi connectivity index (χ0) is 22.9. The molecule has 0 bridgehead atoms. The Morgan fingerprint density at radius 1 is 0.909 bits per heavy atom. The monoisotopic (exact) mass is 443 g/mol. The summed E-state index contributed by atoms with van der Waals surface area (Å²) in [7, 11) is 0. The Balaban J connectivity index is 1.25. The molecule has 0 radical (unpaired) electrons. The van der Waals surface area contributed by atoms with Gasteiger partial charge in [0.15, 0.2) is 0 Å². The summed E-state index contributed by atoms with van der Waals surface area (Å²) >= 11 is 0. The number of carbonyl (C=O) groups is 1. The number of hydrogen-bond donors (Lipinski definition) is 1. The lowest BCUT2D eigenvalue weighted by atomic mass is 10.2. The number of nitrogens with one attached hydrogen (secondary N) is 1. The minimum Gasteiger partial charge on any atom is -0.489 e. The number of amides is 1. The quantitative estimate of drug-likeness (QED) is 0.396. The van der Waals surface area contributed by atoms with Crippen molar-refractivity contribution in [3.63, 3.8) is 0 Å². The van der Waals surface area contributed by atoms with E-state index in [1.54, 1.807) is 60.9 Å². The van der Waals surface area contributed by atoms with Crippen LogP contribution >= 0.6 is 0 Å². The number of nitrogens with zero attached hydrogens (tertiary/aromatic N) is 2. The van der Waals surface area contributed by atoms with E-state index in [0.29, 0.717) is 29.5 Å². The van der Waals surface area contributed by atoms with Crippen molar-refractivity contribution in [1.82, 2.24) is 15.3 Å². The lowest BCUT2D eigenvalue weighted by molar-refractivity contribution is 0.0953. The predicted octanol–water partition coefficient (Wildman–Crippen LogP) is 4.96. The number of benzene rings is 2. The number of ether oxygens (including phenoxy) is 2. The van der Waals surface area contributed by atoms with E-state index >= 15 is 0 Å². The molecule has 0 saturated heterocycles. The summed E-state index contributed by atoms with van der Waals surface area (Å²) in [4.78, 5) is 20.5. The first-order valence-electron chi connectivity index (χ1n) is 10.4. The van der Waals surface area contributed by atoms with Gasteiger partial charge in [-0.15, -0.1) is 0 Å². The lowest BCUT2D eigenvalue weighted by Gasteiger charge is -2.09. The van der Waals surface area contributed by atoms with Crippen LogP contribution in [-0.2, 0) is 13.0 Å². The largest absolute Gasteiger partial charge is 0.489 e. The van der Waals surface area contributed by atoms with Crippen molar-refractivity contribution in [3.05, 3.63) is 114 Å². The van der Waals surface area contributed by atoms with Gasteiger partial charge in [0.2, 0.25) is 5.88 Å². The second-order valence-electron chi connectivity index (χ2n) is 7.24. The van der Waals surface area contributed by atoms with Crippen molar-refractivity contribution in [2.45, 2.75) is 13.0 Å². The molecule has 1 N–H and O–H groups in total. The SMILES string of the molecule is O=C(NCCc1ccncc1)c1ccc(Oc2ccc(OCc3cccc(F)c3)cc2)nc1. The van der Waals surface area contributed by atoms with Gasteiger partial charge < -0.3 is 14.8 Å². The minimum absolute atomic E-state index is 0.192. The second-order valence-corrected chi connectivity index (χ2v) is 7.24. The summed E-state index contributed by atoms with van der Waals surface area (Å²) in [6, 6.07) is 20.5. The number of carbonyl (C=O) groups excluding carboxylic acids is 1. The first kappa shape index (κ1) is 22.0. The van der Waals surface area contributed by atoms with Gasteiger partial charge in [-0.2, -0.15) is 0 Å². The van der Waals surface area contributed by atoms with E-state index in [-0.39, 0.29) is 18.3 Å². The molecule has 6 nitrogen and oxygen atoms in total. The molecular weight excluding hydrogens is 421 g/mol. The van der Waals surface area contributed by atoms with Crippen LogP contribution in [0.15, 0.2) is 91.4 Å². The van der Waals surface area contributed by atoms with Crippen LogP contribution in [-0.4, -0.2) is 22.4 Å². The molecular formula is C26H22FN3O3. The van der Waals surface area contributed by atoms with Crippen LogP contribution in [0.2, 0.25) is 0 Å². The Morgan fingerprint density at radius 3 is 2.42 bits per heavy atom. The van der Waals surface area contributed by atoms with E-state index in [0.717, 1.165) is 17.5 Å². The first-order chi connectivity index (χ1) is 16.2. The molecule has 0 aliphatic heterocycles. The van der Waals surface area contributed by atoms with Crippen molar-refractivity contribution in [1.29, 1.82) is 0 Å². The minimum atomic E-state index is -0.291. The zero-order valence-electron chi connectivity index (χ0n) is 17.8. The number of aromatic nitrogens is 2. The van der Waals surface area contributed by atoms with Crippen molar-refractivity contribution in [3.8, 4) is 17.4 Å². The van der Waals surface area contributed by atoms with Crippen molar-refractivity contribution < 1.29 is 18.7 Å². The third-order valence-corrected chi connectivity index (χ3v) is 4.79. The van der Waals surface area contributed by atoms with Crippen LogP contribution in [0.3, 0.4) is 0 Å². The second kappa shape index (κ2) is 10.9. The Morgan fingerprint density at radius 2 is 1.70 bits per heavy atom.